The lowest BCUT2D eigenvalue weighted by Gasteiger charge is -2.11. The molecule has 0 amide bonds. The molecule has 6 heteroatoms. The standard InChI is InChI=1S/C14H16ClN3O2/c1-7(2)18-8(3)17-12(14(18)16)9-4-10(15)13-11(5-9)19-6-20-13/h4-5,7H,6,16H2,1-3H3. The number of nitrogens with two attached hydrogens (primary N) is 1. The minimum absolute atomic E-state index is 0.188. The van der Waals surface area contributed by atoms with E-state index < -0.39 is 0 Å². The van der Waals surface area contributed by atoms with Crippen molar-refractivity contribution in [3.05, 3.63) is 23.0 Å². The number of halogens is 1. The van der Waals surface area contributed by atoms with Crippen LogP contribution in [0.5, 0.6) is 11.5 Å². The highest BCUT2D eigenvalue weighted by Gasteiger charge is 2.22. The molecule has 0 aliphatic carbocycles. The molecule has 0 saturated carbocycles. The molecule has 1 aliphatic heterocycles. The van der Waals surface area contributed by atoms with Gasteiger partial charge in [0.15, 0.2) is 11.5 Å². The van der Waals surface area contributed by atoms with Crippen molar-refractivity contribution in [1.29, 1.82) is 0 Å². The summed E-state index contributed by atoms with van der Waals surface area (Å²) in [5.41, 5.74) is 7.77. The molecule has 0 unspecified atom stereocenters. The molecular weight excluding hydrogens is 278 g/mol. The smallest absolute Gasteiger partial charge is 0.231 e. The van der Waals surface area contributed by atoms with Crippen molar-refractivity contribution in [3.8, 4) is 22.8 Å². The third-order valence-corrected chi connectivity index (χ3v) is 3.62. The first kappa shape index (κ1) is 13.1. The number of hydrogen-bond acceptors (Lipinski definition) is 4. The first-order chi connectivity index (χ1) is 9.49. The molecule has 0 radical (unpaired) electrons. The van der Waals surface area contributed by atoms with E-state index in [4.69, 9.17) is 26.8 Å². The summed E-state index contributed by atoms with van der Waals surface area (Å²) in [7, 11) is 0. The fraction of sp³-hybridized carbons (Fsp3) is 0.357. The second-order valence-electron chi connectivity index (χ2n) is 5.05. The van der Waals surface area contributed by atoms with Gasteiger partial charge < -0.3 is 19.8 Å². The van der Waals surface area contributed by atoms with E-state index in [1.807, 2.05) is 17.6 Å². The van der Waals surface area contributed by atoms with Gasteiger partial charge in [0.2, 0.25) is 6.79 Å². The Labute approximate surface area is 122 Å². The Bertz CT molecular complexity index is 680. The topological polar surface area (TPSA) is 62.3 Å². The van der Waals surface area contributed by atoms with Crippen molar-refractivity contribution < 1.29 is 9.47 Å². The molecule has 0 fully saturated rings. The van der Waals surface area contributed by atoms with E-state index in [1.165, 1.54) is 0 Å². The maximum Gasteiger partial charge on any atom is 0.231 e. The molecule has 1 aromatic carbocycles. The maximum atomic E-state index is 6.22. The molecule has 1 aliphatic rings. The normalized spacial score (nSPS) is 13.2. The number of imidazole rings is 1. The van der Waals surface area contributed by atoms with E-state index in [0.717, 1.165) is 17.1 Å². The predicted molar refractivity (Wildman–Crippen MR) is 78.3 cm³/mol. The highest BCUT2D eigenvalue weighted by atomic mass is 35.5. The monoisotopic (exact) mass is 293 g/mol. The predicted octanol–water partition coefficient (Wildman–Crippen LogP) is 3.40. The van der Waals surface area contributed by atoms with Gasteiger partial charge in [0.1, 0.15) is 17.3 Å². The second kappa shape index (κ2) is 4.59. The van der Waals surface area contributed by atoms with Crippen LogP contribution in [0.15, 0.2) is 12.1 Å². The average Bonchev–Trinajstić information content (AvgIpc) is 2.93. The van der Waals surface area contributed by atoms with Crippen molar-refractivity contribution >= 4 is 17.4 Å². The number of ether oxygens (including phenoxy) is 2. The Morgan fingerprint density at radius 2 is 2.10 bits per heavy atom. The van der Waals surface area contributed by atoms with Gasteiger partial charge >= 0.3 is 0 Å². The van der Waals surface area contributed by atoms with E-state index in [2.05, 4.69) is 18.8 Å². The van der Waals surface area contributed by atoms with Gasteiger partial charge in [0, 0.05) is 11.6 Å². The summed E-state index contributed by atoms with van der Waals surface area (Å²) < 4.78 is 12.7. The number of aromatic nitrogens is 2. The van der Waals surface area contributed by atoms with Gasteiger partial charge in [0.05, 0.1) is 5.02 Å². The molecule has 1 aromatic heterocycles. The fourth-order valence-corrected chi connectivity index (χ4v) is 2.79. The lowest BCUT2D eigenvalue weighted by Crippen LogP contribution is -2.07. The Kier molecular flexibility index (Phi) is 3.01. The van der Waals surface area contributed by atoms with Gasteiger partial charge in [-0.1, -0.05) is 11.6 Å². The summed E-state index contributed by atoms with van der Waals surface area (Å²) in [6.07, 6.45) is 0. The number of nitrogens with zero attached hydrogens (tertiary/aromatic N) is 2. The molecule has 0 atom stereocenters. The summed E-state index contributed by atoms with van der Waals surface area (Å²) in [6.45, 7) is 6.27. The van der Waals surface area contributed by atoms with E-state index in [9.17, 15) is 0 Å². The fourth-order valence-electron chi connectivity index (χ4n) is 2.53. The Balaban J connectivity index is 2.15. The summed E-state index contributed by atoms with van der Waals surface area (Å²) in [5, 5.41) is 0.506. The minimum Gasteiger partial charge on any atom is -0.454 e. The number of nitrogen functional groups attached to an aromatic ring is 1. The number of fused-ring (bicyclic) bond motifs is 1. The van der Waals surface area contributed by atoms with Gasteiger partial charge in [-0.15, -0.1) is 0 Å². The Hall–Kier alpha value is -1.88. The molecule has 0 bridgehead atoms. The third kappa shape index (κ3) is 1.89. The van der Waals surface area contributed by atoms with Crippen LogP contribution in [0, 0.1) is 6.92 Å². The van der Waals surface area contributed by atoms with Crippen LogP contribution in [0.1, 0.15) is 25.7 Å². The third-order valence-electron chi connectivity index (χ3n) is 3.34. The Morgan fingerprint density at radius 1 is 1.35 bits per heavy atom. The summed E-state index contributed by atoms with van der Waals surface area (Å²) in [5.74, 6) is 2.71. The molecule has 106 valence electrons. The van der Waals surface area contributed by atoms with E-state index >= 15 is 0 Å². The van der Waals surface area contributed by atoms with Crippen molar-refractivity contribution in [2.24, 2.45) is 0 Å². The zero-order valence-corrected chi connectivity index (χ0v) is 12.4. The molecule has 0 spiro atoms. The lowest BCUT2D eigenvalue weighted by molar-refractivity contribution is 0.174. The van der Waals surface area contributed by atoms with E-state index in [1.54, 1.807) is 6.07 Å². The minimum atomic E-state index is 0.188. The highest BCUT2D eigenvalue weighted by molar-refractivity contribution is 6.32. The van der Waals surface area contributed by atoms with Gasteiger partial charge in [0.25, 0.3) is 0 Å². The van der Waals surface area contributed by atoms with E-state index in [-0.39, 0.29) is 12.8 Å². The number of benzene rings is 1. The number of anilines is 1. The summed E-state index contributed by atoms with van der Waals surface area (Å²) in [6, 6.07) is 3.91. The van der Waals surface area contributed by atoms with Gasteiger partial charge in [-0.3, -0.25) is 0 Å². The van der Waals surface area contributed by atoms with Crippen molar-refractivity contribution in [2.75, 3.05) is 12.5 Å². The van der Waals surface area contributed by atoms with E-state index in [0.29, 0.717) is 22.3 Å². The number of hydrogen-bond donors (Lipinski definition) is 1. The van der Waals surface area contributed by atoms with Gasteiger partial charge in [-0.05, 0) is 32.9 Å². The van der Waals surface area contributed by atoms with Crippen LogP contribution in [0.4, 0.5) is 5.82 Å². The average molecular weight is 294 g/mol. The SMILES string of the molecule is Cc1nc(-c2cc(Cl)c3c(c2)OCO3)c(N)n1C(C)C. The first-order valence-corrected chi connectivity index (χ1v) is 6.80. The molecule has 2 heterocycles. The molecule has 2 N–H and O–H groups in total. The van der Waals surface area contributed by atoms with Crippen LogP contribution < -0.4 is 15.2 Å². The summed E-state index contributed by atoms with van der Waals surface area (Å²) in [4.78, 5) is 4.55. The number of rotatable bonds is 2. The van der Waals surface area contributed by atoms with Crippen LogP contribution in [-0.4, -0.2) is 16.3 Å². The van der Waals surface area contributed by atoms with Crippen molar-refractivity contribution in [1.82, 2.24) is 9.55 Å². The second-order valence-corrected chi connectivity index (χ2v) is 5.46. The van der Waals surface area contributed by atoms with Crippen LogP contribution in [0.25, 0.3) is 11.3 Å². The van der Waals surface area contributed by atoms with Crippen molar-refractivity contribution in [3.63, 3.8) is 0 Å². The molecule has 5 nitrogen and oxygen atoms in total. The van der Waals surface area contributed by atoms with Crippen LogP contribution in [0.2, 0.25) is 5.02 Å². The molecular formula is C14H16ClN3O2. The maximum absolute atomic E-state index is 6.22. The number of aryl methyl sites for hydroxylation is 1. The molecule has 3 rings (SSSR count). The van der Waals surface area contributed by atoms with Gasteiger partial charge in [-0.2, -0.15) is 0 Å². The zero-order chi connectivity index (χ0) is 14.4. The summed E-state index contributed by atoms with van der Waals surface area (Å²) >= 11 is 6.21. The molecule has 20 heavy (non-hydrogen) atoms. The quantitative estimate of drug-likeness (QED) is 0.922. The van der Waals surface area contributed by atoms with Crippen LogP contribution in [0.3, 0.4) is 0 Å². The zero-order valence-electron chi connectivity index (χ0n) is 11.6. The van der Waals surface area contributed by atoms with Crippen LogP contribution >= 0.6 is 11.6 Å². The van der Waals surface area contributed by atoms with Gasteiger partial charge in [-0.25, -0.2) is 4.98 Å². The largest absolute Gasteiger partial charge is 0.454 e. The Morgan fingerprint density at radius 3 is 2.75 bits per heavy atom. The van der Waals surface area contributed by atoms with Crippen molar-refractivity contribution in [2.45, 2.75) is 26.8 Å². The highest BCUT2D eigenvalue weighted by Crippen LogP contribution is 2.43. The molecule has 2 aromatic rings. The van der Waals surface area contributed by atoms with Crippen LogP contribution in [-0.2, 0) is 0 Å². The first-order valence-electron chi connectivity index (χ1n) is 6.43. The lowest BCUT2D eigenvalue weighted by atomic mass is 10.1. The molecule has 0 saturated heterocycles.